The minimum absolute atomic E-state index is 0.0965. The second-order valence-electron chi connectivity index (χ2n) is 4.23. The number of aliphatic hydroxyl groups is 1. The molecule has 0 amide bonds. The summed E-state index contributed by atoms with van der Waals surface area (Å²) in [7, 11) is 0. The molecular weight excluding hydrogens is 248 g/mol. The molecular formula is C14H12ClN2O. The number of fused-ring (bicyclic) bond motifs is 3. The van der Waals surface area contributed by atoms with E-state index >= 15 is 0 Å². The Kier molecular flexibility index (Phi) is 2.94. The average Bonchev–Trinajstić information content (AvgIpc) is 2.74. The number of H-pyrrole nitrogens is 1. The maximum atomic E-state index is 8.82. The minimum atomic E-state index is 0.0965. The summed E-state index contributed by atoms with van der Waals surface area (Å²) in [6, 6.07) is 8.11. The average molecular weight is 260 g/mol. The lowest BCUT2D eigenvalue weighted by molar-refractivity contribution is 0.325. The molecule has 0 fully saturated rings. The van der Waals surface area contributed by atoms with Gasteiger partial charge in [0.1, 0.15) is 5.65 Å². The van der Waals surface area contributed by atoms with Gasteiger partial charge in [-0.2, -0.15) is 0 Å². The van der Waals surface area contributed by atoms with Crippen molar-refractivity contribution < 1.29 is 5.11 Å². The van der Waals surface area contributed by atoms with Gasteiger partial charge in [0.05, 0.1) is 5.02 Å². The van der Waals surface area contributed by atoms with Gasteiger partial charge in [0, 0.05) is 29.1 Å². The standard InChI is InChI=1S/C14H12ClN2O/c15-10-7-12-11-6-9(2-1-5-18)3-4-13(11)17-14(12)16-8-10/h1,3-4,6-8,18H,2,5H2,(H,16,17). The van der Waals surface area contributed by atoms with E-state index in [4.69, 9.17) is 16.7 Å². The first-order valence-corrected chi connectivity index (χ1v) is 6.14. The van der Waals surface area contributed by atoms with Crippen molar-refractivity contribution in [3.8, 4) is 0 Å². The van der Waals surface area contributed by atoms with E-state index in [1.807, 2.05) is 24.6 Å². The van der Waals surface area contributed by atoms with E-state index in [9.17, 15) is 0 Å². The van der Waals surface area contributed by atoms with Crippen molar-refractivity contribution in [2.45, 2.75) is 6.42 Å². The third-order valence-corrected chi connectivity index (χ3v) is 3.20. The molecule has 3 aromatic rings. The van der Waals surface area contributed by atoms with Crippen molar-refractivity contribution in [1.82, 2.24) is 9.97 Å². The predicted octanol–water partition coefficient (Wildman–Crippen LogP) is 3.11. The van der Waals surface area contributed by atoms with Crippen LogP contribution in [0.3, 0.4) is 0 Å². The van der Waals surface area contributed by atoms with Crippen LogP contribution in [0.2, 0.25) is 5.02 Å². The quantitative estimate of drug-likeness (QED) is 0.759. The summed E-state index contributed by atoms with van der Waals surface area (Å²) in [5.41, 5.74) is 3.06. The summed E-state index contributed by atoms with van der Waals surface area (Å²) in [6.07, 6.45) is 4.23. The number of hydrogen-bond donors (Lipinski definition) is 2. The molecule has 4 heteroatoms. The molecule has 18 heavy (non-hydrogen) atoms. The normalized spacial score (nSPS) is 11.4. The Morgan fingerprint density at radius 3 is 3.00 bits per heavy atom. The number of hydrogen-bond acceptors (Lipinski definition) is 2. The Morgan fingerprint density at radius 1 is 1.28 bits per heavy atom. The van der Waals surface area contributed by atoms with Crippen LogP contribution >= 0.6 is 11.6 Å². The zero-order valence-electron chi connectivity index (χ0n) is 9.65. The molecule has 2 aromatic heterocycles. The topological polar surface area (TPSA) is 48.9 Å². The second-order valence-corrected chi connectivity index (χ2v) is 4.67. The fourth-order valence-corrected chi connectivity index (χ4v) is 2.31. The van der Waals surface area contributed by atoms with Crippen molar-refractivity contribution in [1.29, 1.82) is 0 Å². The highest BCUT2D eigenvalue weighted by molar-refractivity contribution is 6.31. The first kappa shape index (κ1) is 11.5. The minimum Gasteiger partial charge on any atom is -0.396 e. The van der Waals surface area contributed by atoms with Crippen LogP contribution in [0.15, 0.2) is 30.5 Å². The Morgan fingerprint density at radius 2 is 2.17 bits per heavy atom. The zero-order valence-corrected chi connectivity index (χ0v) is 10.4. The van der Waals surface area contributed by atoms with Crippen molar-refractivity contribution in [2.24, 2.45) is 0 Å². The molecule has 2 N–H and O–H groups in total. The van der Waals surface area contributed by atoms with Gasteiger partial charge >= 0.3 is 0 Å². The molecule has 2 heterocycles. The molecule has 0 aliphatic carbocycles. The molecule has 91 valence electrons. The van der Waals surface area contributed by atoms with Crippen LogP contribution < -0.4 is 0 Å². The van der Waals surface area contributed by atoms with Crippen molar-refractivity contribution in [3.63, 3.8) is 0 Å². The summed E-state index contributed by atoms with van der Waals surface area (Å²) in [6.45, 7) is 0.0965. The molecule has 0 aliphatic rings. The number of halogens is 1. The molecule has 3 rings (SSSR count). The van der Waals surface area contributed by atoms with Gasteiger partial charge in [-0.1, -0.05) is 17.7 Å². The first-order chi connectivity index (χ1) is 8.78. The molecule has 0 bridgehead atoms. The molecule has 1 radical (unpaired) electrons. The van der Waals surface area contributed by atoms with Crippen LogP contribution in [0.4, 0.5) is 0 Å². The predicted molar refractivity (Wildman–Crippen MR) is 73.7 cm³/mol. The third kappa shape index (κ3) is 1.96. The molecule has 0 unspecified atom stereocenters. The molecule has 0 atom stereocenters. The summed E-state index contributed by atoms with van der Waals surface area (Å²) in [4.78, 5) is 7.53. The second kappa shape index (κ2) is 4.59. The van der Waals surface area contributed by atoms with E-state index < -0.39 is 0 Å². The van der Waals surface area contributed by atoms with Crippen LogP contribution in [-0.4, -0.2) is 21.7 Å². The van der Waals surface area contributed by atoms with E-state index in [-0.39, 0.29) is 6.61 Å². The van der Waals surface area contributed by atoms with Crippen LogP contribution in [0, 0.1) is 6.42 Å². The van der Waals surface area contributed by atoms with Crippen LogP contribution in [0.5, 0.6) is 0 Å². The van der Waals surface area contributed by atoms with Gasteiger partial charge in [-0.3, -0.25) is 0 Å². The highest BCUT2D eigenvalue weighted by atomic mass is 35.5. The van der Waals surface area contributed by atoms with E-state index in [1.54, 1.807) is 6.20 Å². The van der Waals surface area contributed by atoms with E-state index in [2.05, 4.69) is 16.0 Å². The fraction of sp³-hybridized carbons (Fsp3) is 0.143. The number of nitrogens with one attached hydrogen (secondary N) is 1. The van der Waals surface area contributed by atoms with Crippen LogP contribution in [0.1, 0.15) is 5.56 Å². The number of aromatic amines is 1. The smallest absolute Gasteiger partial charge is 0.138 e. The molecule has 0 saturated carbocycles. The lowest BCUT2D eigenvalue weighted by Crippen LogP contribution is -1.89. The number of aromatic nitrogens is 2. The molecule has 1 aromatic carbocycles. The molecule has 0 spiro atoms. The first-order valence-electron chi connectivity index (χ1n) is 5.76. The van der Waals surface area contributed by atoms with Gasteiger partial charge in [-0.25, -0.2) is 4.98 Å². The number of rotatable bonds is 3. The van der Waals surface area contributed by atoms with E-state index in [1.165, 1.54) is 0 Å². The van der Waals surface area contributed by atoms with Crippen molar-refractivity contribution in [2.75, 3.05) is 6.61 Å². The number of benzene rings is 1. The van der Waals surface area contributed by atoms with Gasteiger partial charge in [0.2, 0.25) is 0 Å². The van der Waals surface area contributed by atoms with Crippen molar-refractivity contribution >= 4 is 33.5 Å². The van der Waals surface area contributed by atoms with Crippen LogP contribution in [-0.2, 0) is 6.42 Å². The Hall–Kier alpha value is -1.58. The Balaban J connectivity index is 2.18. The summed E-state index contributed by atoms with van der Waals surface area (Å²) < 4.78 is 0. The van der Waals surface area contributed by atoms with Gasteiger partial charge in [0.25, 0.3) is 0 Å². The summed E-state index contributed by atoms with van der Waals surface area (Å²) >= 11 is 5.98. The van der Waals surface area contributed by atoms with Gasteiger partial charge in [-0.15, -0.1) is 0 Å². The van der Waals surface area contributed by atoms with E-state index in [0.29, 0.717) is 5.02 Å². The largest absolute Gasteiger partial charge is 0.396 e. The highest BCUT2D eigenvalue weighted by Crippen LogP contribution is 2.27. The molecule has 3 nitrogen and oxygen atoms in total. The number of pyridine rings is 1. The van der Waals surface area contributed by atoms with Gasteiger partial charge in [-0.05, 0) is 36.6 Å². The zero-order chi connectivity index (χ0) is 12.5. The summed E-state index contributed by atoms with van der Waals surface area (Å²) in [5, 5.41) is 11.6. The molecule has 0 aliphatic heterocycles. The Bertz CT molecular complexity index is 705. The Labute approximate surface area is 109 Å². The maximum Gasteiger partial charge on any atom is 0.138 e. The SMILES string of the molecule is OC[CH]Cc1ccc2[nH]c3ncc(Cl)cc3c2c1. The number of nitrogens with zero attached hydrogens (tertiary/aromatic N) is 1. The monoisotopic (exact) mass is 259 g/mol. The van der Waals surface area contributed by atoms with Gasteiger partial charge in [0.15, 0.2) is 0 Å². The third-order valence-electron chi connectivity index (χ3n) is 2.99. The van der Waals surface area contributed by atoms with Gasteiger partial charge < -0.3 is 10.1 Å². The maximum absolute atomic E-state index is 8.82. The van der Waals surface area contributed by atoms with Crippen molar-refractivity contribution in [3.05, 3.63) is 47.5 Å². The molecule has 0 saturated heterocycles. The lowest BCUT2D eigenvalue weighted by atomic mass is 10.1. The van der Waals surface area contributed by atoms with Crippen LogP contribution in [0.25, 0.3) is 21.9 Å². The number of aliphatic hydroxyl groups excluding tert-OH is 1. The van der Waals surface area contributed by atoms with E-state index in [0.717, 1.165) is 33.9 Å². The lowest BCUT2D eigenvalue weighted by Gasteiger charge is -1.99. The summed E-state index contributed by atoms with van der Waals surface area (Å²) in [5.74, 6) is 0. The highest BCUT2D eigenvalue weighted by Gasteiger charge is 2.06. The fourth-order valence-electron chi connectivity index (χ4n) is 2.15.